The molecule has 0 saturated carbocycles. The van der Waals surface area contributed by atoms with Gasteiger partial charge in [-0.3, -0.25) is 9.59 Å². The van der Waals surface area contributed by atoms with Gasteiger partial charge in [0, 0.05) is 11.4 Å². The third-order valence-corrected chi connectivity index (χ3v) is 2.55. The Morgan fingerprint density at radius 2 is 1.85 bits per heavy atom. The first-order valence-corrected chi connectivity index (χ1v) is 6.07. The van der Waals surface area contributed by atoms with Gasteiger partial charge < -0.3 is 20.8 Å². The Bertz CT molecular complexity index is 606. The standard InChI is InChI=1S/C14H15N3O3/c1-9(15)13(18)16-10-4-2-5-11(8-10)17-14(19)12-6-3-7-20-12/h2-9H,15H2,1H3,(H,16,18)(H,17,19)/t9-/m0/s1. The molecule has 4 N–H and O–H groups in total. The lowest BCUT2D eigenvalue weighted by Gasteiger charge is -2.09. The van der Waals surface area contributed by atoms with Gasteiger partial charge in [0.25, 0.3) is 5.91 Å². The Labute approximate surface area is 116 Å². The van der Waals surface area contributed by atoms with Gasteiger partial charge in [-0.05, 0) is 37.3 Å². The highest BCUT2D eigenvalue weighted by Crippen LogP contribution is 2.16. The number of carbonyl (C=O) groups is 2. The van der Waals surface area contributed by atoms with Gasteiger partial charge in [-0.15, -0.1) is 0 Å². The smallest absolute Gasteiger partial charge is 0.291 e. The average Bonchev–Trinajstić information content (AvgIpc) is 2.92. The number of rotatable bonds is 4. The zero-order valence-corrected chi connectivity index (χ0v) is 10.9. The van der Waals surface area contributed by atoms with Crippen molar-refractivity contribution in [1.82, 2.24) is 0 Å². The van der Waals surface area contributed by atoms with E-state index in [-0.39, 0.29) is 17.6 Å². The Hall–Kier alpha value is -2.60. The van der Waals surface area contributed by atoms with E-state index in [1.807, 2.05) is 0 Å². The van der Waals surface area contributed by atoms with Crippen LogP contribution >= 0.6 is 0 Å². The number of hydrogen-bond donors (Lipinski definition) is 3. The molecule has 104 valence electrons. The van der Waals surface area contributed by atoms with Crippen molar-refractivity contribution in [2.24, 2.45) is 5.73 Å². The topological polar surface area (TPSA) is 97.4 Å². The number of furan rings is 1. The summed E-state index contributed by atoms with van der Waals surface area (Å²) in [5, 5.41) is 5.32. The molecule has 1 aromatic carbocycles. The number of hydrogen-bond acceptors (Lipinski definition) is 4. The zero-order valence-electron chi connectivity index (χ0n) is 10.9. The minimum Gasteiger partial charge on any atom is -0.459 e. The van der Waals surface area contributed by atoms with Crippen LogP contribution in [-0.2, 0) is 4.79 Å². The molecule has 6 heteroatoms. The first kappa shape index (κ1) is 13.8. The SMILES string of the molecule is C[C@H](N)C(=O)Nc1cccc(NC(=O)c2ccco2)c1. The number of carbonyl (C=O) groups excluding carboxylic acids is 2. The largest absolute Gasteiger partial charge is 0.459 e. The predicted molar refractivity (Wildman–Crippen MR) is 75.4 cm³/mol. The first-order valence-electron chi connectivity index (χ1n) is 6.07. The van der Waals surface area contributed by atoms with E-state index in [0.29, 0.717) is 11.4 Å². The highest BCUT2D eigenvalue weighted by molar-refractivity contribution is 6.02. The van der Waals surface area contributed by atoms with E-state index in [9.17, 15) is 9.59 Å². The fraction of sp³-hybridized carbons (Fsp3) is 0.143. The van der Waals surface area contributed by atoms with Crippen LogP contribution in [0.25, 0.3) is 0 Å². The maximum absolute atomic E-state index is 11.8. The molecule has 0 aliphatic carbocycles. The van der Waals surface area contributed by atoms with Crippen LogP contribution < -0.4 is 16.4 Å². The summed E-state index contributed by atoms with van der Waals surface area (Å²) in [6.07, 6.45) is 1.42. The summed E-state index contributed by atoms with van der Waals surface area (Å²) < 4.78 is 5.00. The van der Waals surface area contributed by atoms with Crippen LogP contribution in [0.1, 0.15) is 17.5 Å². The van der Waals surface area contributed by atoms with Gasteiger partial charge in [-0.2, -0.15) is 0 Å². The summed E-state index contributed by atoms with van der Waals surface area (Å²) >= 11 is 0. The molecule has 20 heavy (non-hydrogen) atoms. The molecule has 0 fully saturated rings. The number of amides is 2. The van der Waals surface area contributed by atoms with Crippen molar-refractivity contribution in [3.05, 3.63) is 48.4 Å². The Morgan fingerprint density at radius 1 is 1.15 bits per heavy atom. The summed E-state index contributed by atoms with van der Waals surface area (Å²) in [4.78, 5) is 23.3. The molecule has 2 amide bonds. The van der Waals surface area contributed by atoms with E-state index in [4.69, 9.17) is 10.2 Å². The molecule has 0 saturated heterocycles. The maximum atomic E-state index is 11.8. The van der Waals surface area contributed by atoms with Gasteiger partial charge in [0.2, 0.25) is 5.91 Å². The Balaban J connectivity index is 2.06. The van der Waals surface area contributed by atoms with Crippen molar-refractivity contribution in [2.75, 3.05) is 10.6 Å². The van der Waals surface area contributed by atoms with E-state index < -0.39 is 6.04 Å². The van der Waals surface area contributed by atoms with Gasteiger partial charge in [0.15, 0.2) is 5.76 Å². The van der Waals surface area contributed by atoms with Crippen LogP contribution in [0.2, 0.25) is 0 Å². The highest BCUT2D eigenvalue weighted by atomic mass is 16.3. The fourth-order valence-electron chi connectivity index (χ4n) is 1.53. The van der Waals surface area contributed by atoms with Gasteiger partial charge in [0.1, 0.15) is 0 Å². The lowest BCUT2D eigenvalue weighted by Crippen LogP contribution is -2.32. The van der Waals surface area contributed by atoms with Crippen molar-refractivity contribution in [1.29, 1.82) is 0 Å². The van der Waals surface area contributed by atoms with Crippen LogP contribution in [0.15, 0.2) is 47.1 Å². The summed E-state index contributed by atoms with van der Waals surface area (Å²) in [6, 6.07) is 9.38. The average molecular weight is 273 g/mol. The second-order valence-electron chi connectivity index (χ2n) is 4.29. The predicted octanol–water partition coefficient (Wildman–Crippen LogP) is 1.82. The summed E-state index contributed by atoms with van der Waals surface area (Å²) in [5.74, 6) is -0.430. The van der Waals surface area contributed by atoms with Crippen LogP contribution in [0, 0.1) is 0 Å². The molecule has 0 unspecified atom stereocenters. The second-order valence-corrected chi connectivity index (χ2v) is 4.29. The lowest BCUT2D eigenvalue weighted by molar-refractivity contribution is -0.117. The zero-order chi connectivity index (χ0) is 14.5. The molecule has 1 aromatic heterocycles. The molecule has 1 heterocycles. The molecule has 0 radical (unpaired) electrons. The Morgan fingerprint density at radius 3 is 2.45 bits per heavy atom. The number of nitrogens with two attached hydrogens (primary N) is 1. The molecule has 6 nitrogen and oxygen atoms in total. The van der Waals surface area contributed by atoms with Crippen molar-refractivity contribution in [3.63, 3.8) is 0 Å². The van der Waals surface area contributed by atoms with Gasteiger partial charge >= 0.3 is 0 Å². The van der Waals surface area contributed by atoms with Crippen molar-refractivity contribution >= 4 is 23.2 Å². The number of benzene rings is 1. The van der Waals surface area contributed by atoms with E-state index in [1.54, 1.807) is 43.3 Å². The molecule has 0 aliphatic rings. The van der Waals surface area contributed by atoms with E-state index in [2.05, 4.69) is 10.6 Å². The molecule has 2 aromatic rings. The normalized spacial score (nSPS) is 11.7. The second kappa shape index (κ2) is 6.03. The van der Waals surface area contributed by atoms with Crippen LogP contribution in [0.5, 0.6) is 0 Å². The van der Waals surface area contributed by atoms with E-state index in [0.717, 1.165) is 0 Å². The fourth-order valence-corrected chi connectivity index (χ4v) is 1.53. The third kappa shape index (κ3) is 3.46. The molecular formula is C14H15N3O3. The van der Waals surface area contributed by atoms with E-state index >= 15 is 0 Å². The molecule has 2 rings (SSSR count). The van der Waals surface area contributed by atoms with E-state index in [1.165, 1.54) is 6.26 Å². The molecule has 0 aliphatic heterocycles. The molecule has 0 bridgehead atoms. The highest BCUT2D eigenvalue weighted by Gasteiger charge is 2.10. The monoisotopic (exact) mass is 273 g/mol. The van der Waals surface area contributed by atoms with Crippen molar-refractivity contribution in [2.45, 2.75) is 13.0 Å². The number of anilines is 2. The van der Waals surface area contributed by atoms with Gasteiger partial charge in [-0.1, -0.05) is 6.07 Å². The minimum absolute atomic E-state index is 0.218. The van der Waals surface area contributed by atoms with Gasteiger partial charge in [-0.25, -0.2) is 0 Å². The summed E-state index contributed by atoms with van der Waals surface area (Å²) in [6.45, 7) is 1.60. The lowest BCUT2D eigenvalue weighted by atomic mass is 10.2. The first-order chi connectivity index (χ1) is 9.56. The van der Waals surface area contributed by atoms with Crippen LogP contribution in [0.4, 0.5) is 11.4 Å². The van der Waals surface area contributed by atoms with Crippen LogP contribution in [-0.4, -0.2) is 17.9 Å². The summed E-state index contributed by atoms with van der Waals surface area (Å²) in [5.41, 5.74) is 6.58. The van der Waals surface area contributed by atoms with Crippen molar-refractivity contribution < 1.29 is 14.0 Å². The molecule has 1 atom stereocenters. The molecular weight excluding hydrogens is 258 g/mol. The Kier molecular flexibility index (Phi) is 4.17. The maximum Gasteiger partial charge on any atom is 0.291 e. The summed E-state index contributed by atoms with van der Waals surface area (Å²) in [7, 11) is 0. The van der Waals surface area contributed by atoms with Crippen LogP contribution in [0.3, 0.4) is 0 Å². The molecule has 0 spiro atoms. The quantitative estimate of drug-likeness (QED) is 0.791. The van der Waals surface area contributed by atoms with Crippen molar-refractivity contribution in [3.8, 4) is 0 Å². The third-order valence-electron chi connectivity index (χ3n) is 2.55. The number of nitrogens with one attached hydrogen (secondary N) is 2. The van der Waals surface area contributed by atoms with Gasteiger partial charge in [0.05, 0.1) is 12.3 Å². The minimum atomic E-state index is -0.601.